The van der Waals surface area contributed by atoms with Crippen LogP contribution in [0.15, 0.2) is 88.2 Å². The molecule has 0 aliphatic carbocycles. The van der Waals surface area contributed by atoms with Crippen LogP contribution in [0.3, 0.4) is 0 Å². The van der Waals surface area contributed by atoms with Crippen molar-refractivity contribution in [3.05, 3.63) is 84.4 Å². The molecule has 3 aromatic rings. The van der Waals surface area contributed by atoms with E-state index >= 15 is 0 Å². The summed E-state index contributed by atoms with van der Waals surface area (Å²) in [6.45, 7) is 1.98. The predicted octanol–water partition coefficient (Wildman–Crippen LogP) is 4.48. The minimum absolute atomic E-state index is 0.00458. The van der Waals surface area contributed by atoms with E-state index in [1.165, 1.54) is 24.1 Å². The second-order valence-electron chi connectivity index (χ2n) is 7.95. The van der Waals surface area contributed by atoms with Crippen LogP contribution in [-0.2, 0) is 26.0 Å². The van der Waals surface area contributed by atoms with Gasteiger partial charge >= 0.3 is 0 Å². The van der Waals surface area contributed by atoms with Crippen LogP contribution in [0.1, 0.15) is 18.9 Å². The molecule has 3 aromatic carbocycles. The molecule has 1 N–H and O–H groups in total. The molecule has 8 nitrogen and oxygen atoms in total. The van der Waals surface area contributed by atoms with E-state index in [-0.39, 0.29) is 22.4 Å². The van der Waals surface area contributed by atoms with Gasteiger partial charge in [-0.05, 0) is 48.4 Å². The lowest BCUT2D eigenvalue weighted by atomic mass is 10.2. The summed E-state index contributed by atoms with van der Waals surface area (Å²) >= 11 is 0.959. The van der Waals surface area contributed by atoms with Gasteiger partial charge in [0, 0.05) is 18.2 Å². The summed E-state index contributed by atoms with van der Waals surface area (Å²) in [6, 6.07) is 22.0. The number of benzene rings is 3. The van der Waals surface area contributed by atoms with Crippen molar-refractivity contribution >= 4 is 50.1 Å². The normalized spacial score (nSPS) is 16.8. The van der Waals surface area contributed by atoms with Crippen molar-refractivity contribution in [3.63, 3.8) is 0 Å². The number of ether oxygens (including phenoxy) is 1. The number of carbonyl (C=O) groups excluding carboxylic acids is 2. The Bertz CT molecular complexity index is 1390. The molecule has 10 heteroatoms. The van der Waals surface area contributed by atoms with E-state index in [0.29, 0.717) is 17.1 Å². The van der Waals surface area contributed by atoms with Gasteiger partial charge in [0.15, 0.2) is 5.17 Å². The van der Waals surface area contributed by atoms with Crippen LogP contribution in [0.2, 0.25) is 0 Å². The predicted molar refractivity (Wildman–Crippen MR) is 142 cm³/mol. The summed E-state index contributed by atoms with van der Waals surface area (Å²) < 4.78 is 35.3. The quantitative estimate of drug-likeness (QED) is 0.467. The Morgan fingerprint density at radius 1 is 1.06 bits per heavy atom. The minimum Gasteiger partial charge on any atom is -0.497 e. The lowest BCUT2D eigenvalue weighted by molar-refractivity contribution is -0.121. The van der Waals surface area contributed by atoms with Gasteiger partial charge in [0.05, 0.1) is 17.7 Å². The van der Waals surface area contributed by atoms with E-state index in [2.05, 4.69) is 9.71 Å². The largest absolute Gasteiger partial charge is 0.497 e. The Labute approximate surface area is 214 Å². The molecule has 1 aliphatic heterocycles. The highest BCUT2D eigenvalue weighted by Crippen LogP contribution is 2.35. The minimum atomic E-state index is -4.08. The number of nitrogens with zero attached hydrogens (tertiary/aromatic N) is 2. The van der Waals surface area contributed by atoms with Crippen LogP contribution >= 0.6 is 11.8 Å². The Kier molecular flexibility index (Phi) is 7.76. The number of anilines is 2. The second-order valence-corrected chi connectivity index (χ2v) is 10.7. The Morgan fingerprint density at radius 3 is 2.44 bits per heavy atom. The van der Waals surface area contributed by atoms with Gasteiger partial charge in [0.1, 0.15) is 11.0 Å². The molecule has 0 bridgehead atoms. The van der Waals surface area contributed by atoms with Gasteiger partial charge in [-0.25, -0.2) is 0 Å². The van der Waals surface area contributed by atoms with Gasteiger partial charge in [-0.15, -0.1) is 4.40 Å². The molecule has 1 saturated heterocycles. The first-order valence-corrected chi connectivity index (χ1v) is 13.6. The molecular formula is C26H25N3O5S2. The third kappa shape index (κ3) is 5.77. The van der Waals surface area contributed by atoms with Gasteiger partial charge in [-0.1, -0.05) is 55.1 Å². The monoisotopic (exact) mass is 523 g/mol. The lowest BCUT2D eigenvalue weighted by Gasteiger charge is -2.16. The van der Waals surface area contributed by atoms with Gasteiger partial charge < -0.3 is 10.1 Å². The van der Waals surface area contributed by atoms with E-state index in [9.17, 15) is 18.0 Å². The molecule has 1 heterocycles. The number of para-hydroxylation sites is 1. The van der Waals surface area contributed by atoms with Crippen molar-refractivity contribution in [3.8, 4) is 5.75 Å². The molecule has 36 heavy (non-hydrogen) atoms. The number of carbonyl (C=O) groups is 2. The zero-order valence-electron chi connectivity index (χ0n) is 19.7. The number of hydrogen-bond acceptors (Lipinski definition) is 6. The SMILES string of the molecule is CCc1ccc(S(=O)(=O)N=C2S[C@H](CC(=O)Nc3cccc(OC)c3)C(=O)N2c2ccccc2)cc1. The highest BCUT2D eigenvalue weighted by molar-refractivity contribution is 8.16. The average molecular weight is 524 g/mol. The van der Waals surface area contributed by atoms with Crippen molar-refractivity contribution in [2.24, 2.45) is 4.40 Å². The molecule has 0 saturated carbocycles. The average Bonchev–Trinajstić information content (AvgIpc) is 3.17. The van der Waals surface area contributed by atoms with Crippen molar-refractivity contribution in [2.45, 2.75) is 29.9 Å². The maximum absolute atomic E-state index is 13.3. The molecule has 186 valence electrons. The number of amides is 2. The molecule has 1 fully saturated rings. The number of sulfonamides is 1. The number of thioether (sulfide) groups is 1. The van der Waals surface area contributed by atoms with Gasteiger partial charge in [0.2, 0.25) is 11.8 Å². The summed E-state index contributed by atoms with van der Waals surface area (Å²) in [7, 11) is -2.55. The zero-order chi connectivity index (χ0) is 25.7. The molecule has 0 radical (unpaired) electrons. The zero-order valence-corrected chi connectivity index (χ0v) is 21.4. The third-order valence-electron chi connectivity index (χ3n) is 5.50. The number of nitrogens with one attached hydrogen (secondary N) is 1. The Balaban J connectivity index is 1.60. The molecule has 1 atom stereocenters. The lowest BCUT2D eigenvalue weighted by Crippen LogP contribution is -2.33. The van der Waals surface area contributed by atoms with E-state index in [4.69, 9.17) is 4.74 Å². The van der Waals surface area contributed by atoms with E-state index in [1.54, 1.807) is 66.7 Å². The van der Waals surface area contributed by atoms with Crippen molar-refractivity contribution in [1.29, 1.82) is 0 Å². The molecule has 4 rings (SSSR count). The van der Waals surface area contributed by atoms with E-state index in [1.807, 2.05) is 6.92 Å². The smallest absolute Gasteiger partial charge is 0.284 e. The van der Waals surface area contributed by atoms with Crippen LogP contribution in [-0.4, -0.2) is 37.8 Å². The number of amidine groups is 1. The van der Waals surface area contributed by atoms with Crippen LogP contribution < -0.4 is 15.0 Å². The van der Waals surface area contributed by atoms with Gasteiger partial charge in [-0.2, -0.15) is 8.42 Å². The molecular weight excluding hydrogens is 498 g/mol. The van der Waals surface area contributed by atoms with Crippen molar-refractivity contribution < 1.29 is 22.7 Å². The number of aryl methyl sites for hydroxylation is 1. The first kappa shape index (κ1) is 25.5. The topological polar surface area (TPSA) is 105 Å². The standard InChI is InChI=1S/C26H25N3O5S2/c1-3-18-12-14-22(15-13-18)36(32,33)28-26-29(20-9-5-4-6-10-20)25(31)23(35-26)17-24(30)27-19-8-7-11-21(16-19)34-2/h4-16,23H,3,17H2,1-2H3,(H,27,30)/t23-/m1/s1. The van der Waals surface area contributed by atoms with Crippen LogP contribution in [0, 0.1) is 0 Å². The summed E-state index contributed by atoms with van der Waals surface area (Å²) in [6.07, 6.45) is 0.620. The molecule has 0 aromatic heterocycles. The van der Waals surface area contributed by atoms with Crippen LogP contribution in [0.5, 0.6) is 5.75 Å². The van der Waals surface area contributed by atoms with Crippen molar-refractivity contribution in [1.82, 2.24) is 0 Å². The molecule has 2 amide bonds. The fraction of sp³-hybridized carbons (Fsp3) is 0.192. The fourth-order valence-corrected chi connectivity index (χ4v) is 5.94. The number of rotatable bonds is 8. The first-order chi connectivity index (χ1) is 17.3. The summed E-state index contributed by atoms with van der Waals surface area (Å²) in [5.41, 5.74) is 2.00. The van der Waals surface area contributed by atoms with Crippen LogP contribution in [0.4, 0.5) is 11.4 Å². The maximum atomic E-state index is 13.3. The van der Waals surface area contributed by atoms with E-state index < -0.39 is 21.2 Å². The Morgan fingerprint density at radius 2 is 1.78 bits per heavy atom. The van der Waals surface area contributed by atoms with Gasteiger partial charge in [0.25, 0.3) is 10.0 Å². The molecule has 0 unspecified atom stereocenters. The number of hydrogen-bond donors (Lipinski definition) is 1. The van der Waals surface area contributed by atoms with Crippen molar-refractivity contribution in [2.75, 3.05) is 17.3 Å². The molecule has 1 aliphatic rings. The first-order valence-electron chi connectivity index (χ1n) is 11.2. The summed E-state index contributed by atoms with van der Waals surface area (Å²) in [5.74, 6) is -0.218. The second kappa shape index (κ2) is 11.0. The Hall–Kier alpha value is -3.63. The number of methoxy groups -OCH3 is 1. The van der Waals surface area contributed by atoms with E-state index in [0.717, 1.165) is 23.7 Å². The highest BCUT2D eigenvalue weighted by Gasteiger charge is 2.41. The fourth-order valence-electron chi connectivity index (χ4n) is 3.61. The molecule has 0 spiro atoms. The summed E-state index contributed by atoms with van der Waals surface area (Å²) in [5, 5.41) is 1.92. The highest BCUT2D eigenvalue weighted by atomic mass is 32.2. The van der Waals surface area contributed by atoms with Gasteiger partial charge in [-0.3, -0.25) is 14.5 Å². The maximum Gasteiger partial charge on any atom is 0.284 e. The summed E-state index contributed by atoms with van der Waals surface area (Å²) in [4.78, 5) is 27.4. The van der Waals surface area contributed by atoms with Crippen LogP contribution in [0.25, 0.3) is 0 Å². The third-order valence-corrected chi connectivity index (χ3v) is 8.04.